The number of aromatic nitrogens is 3. The molecule has 2 aromatic heterocycles. The van der Waals surface area contributed by atoms with Crippen molar-refractivity contribution in [1.29, 1.82) is 0 Å². The number of ether oxygens (including phenoxy) is 1. The number of hydrogen-bond acceptors (Lipinski definition) is 7. The van der Waals surface area contributed by atoms with Crippen LogP contribution in [0.5, 0.6) is 5.75 Å². The summed E-state index contributed by atoms with van der Waals surface area (Å²) < 4.78 is 12.9. The Labute approximate surface area is 153 Å². The Kier molecular flexibility index (Phi) is 5.69. The molecule has 0 N–H and O–H groups in total. The molecule has 0 saturated carbocycles. The van der Waals surface area contributed by atoms with Crippen LogP contribution in [-0.4, -0.2) is 32.0 Å². The number of nitro groups is 1. The van der Waals surface area contributed by atoms with Gasteiger partial charge in [0.05, 0.1) is 23.9 Å². The molecule has 0 radical (unpaired) electrons. The van der Waals surface area contributed by atoms with Crippen molar-refractivity contribution in [2.45, 2.75) is 11.7 Å². The first-order valence-electron chi connectivity index (χ1n) is 7.77. The van der Waals surface area contributed by atoms with E-state index in [4.69, 9.17) is 9.15 Å². The molecule has 26 heavy (non-hydrogen) atoms. The van der Waals surface area contributed by atoms with Gasteiger partial charge in [-0.1, -0.05) is 23.9 Å². The van der Waals surface area contributed by atoms with Crippen LogP contribution < -0.4 is 4.74 Å². The van der Waals surface area contributed by atoms with Crippen LogP contribution >= 0.6 is 11.8 Å². The molecule has 134 valence electrons. The summed E-state index contributed by atoms with van der Waals surface area (Å²) in [6.45, 7) is 4.69. The van der Waals surface area contributed by atoms with Gasteiger partial charge in [0.2, 0.25) is 5.82 Å². The molecule has 0 atom stereocenters. The third-order valence-electron chi connectivity index (χ3n) is 3.38. The number of thioether (sulfide) groups is 1. The number of benzene rings is 1. The predicted molar refractivity (Wildman–Crippen MR) is 97.2 cm³/mol. The number of nitrogens with zero attached hydrogens (tertiary/aromatic N) is 4. The van der Waals surface area contributed by atoms with Crippen LogP contribution in [0.4, 0.5) is 5.69 Å². The molecule has 0 aliphatic carbocycles. The Morgan fingerprint density at radius 2 is 2.23 bits per heavy atom. The summed E-state index contributed by atoms with van der Waals surface area (Å²) in [7, 11) is 0. The average molecular weight is 372 g/mol. The van der Waals surface area contributed by atoms with Crippen LogP contribution in [0, 0.1) is 10.1 Å². The van der Waals surface area contributed by atoms with E-state index in [1.807, 2.05) is 10.6 Å². The molecule has 3 aromatic rings. The average Bonchev–Trinajstić information content (AvgIpc) is 3.29. The zero-order valence-corrected chi connectivity index (χ0v) is 14.6. The third kappa shape index (κ3) is 4.12. The number of hydrogen-bond donors (Lipinski definition) is 0. The summed E-state index contributed by atoms with van der Waals surface area (Å²) in [5.41, 5.74) is 0.00367. The first-order valence-corrected chi connectivity index (χ1v) is 8.75. The fraction of sp³-hybridized carbons (Fsp3) is 0.176. The number of nitro benzene ring substituents is 1. The molecule has 0 aliphatic heterocycles. The summed E-state index contributed by atoms with van der Waals surface area (Å²) in [6.07, 6.45) is 3.35. The van der Waals surface area contributed by atoms with E-state index in [1.165, 1.54) is 23.9 Å². The van der Waals surface area contributed by atoms with Gasteiger partial charge in [-0.2, -0.15) is 0 Å². The highest BCUT2D eigenvalue weighted by atomic mass is 32.2. The predicted octanol–water partition coefficient (Wildman–Crippen LogP) is 3.80. The second-order valence-electron chi connectivity index (χ2n) is 5.13. The van der Waals surface area contributed by atoms with Gasteiger partial charge in [-0.15, -0.1) is 16.8 Å². The van der Waals surface area contributed by atoms with Gasteiger partial charge in [0.1, 0.15) is 5.75 Å². The lowest BCUT2D eigenvalue weighted by molar-refractivity contribution is -0.384. The quantitative estimate of drug-likeness (QED) is 0.185. The van der Waals surface area contributed by atoms with Crippen LogP contribution in [-0.2, 0) is 6.54 Å². The molecule has 9 heteroatoms. The fourth-order valence-electron chi connectivity index (χ4n) is 2.26. The van der Waals surface area contributed by atoms with Gasteiger partial charge in [0, 0.05) is 18.4 Å². The Balaban J connectivity index is 1.61. The molecule has 1 aromatic carbocycles. The second-order valence-corrected chi connectivity index (χ2v) is 6.20. The van der Waals surface area contributed by atoms with Crippen LogP contribution in [0.2, 0.25) is 0 Å². The molecular weight excluding hydrogens is 356 g/mol. The van der Waals surface area contributed by atoms with Crippen molar-refractivity contribution in [3.8, 4) is 17.3 Å². The Morgan fingerprint density at radius 3 is 2.96 bits per heavy atom. The van der Waals surface area contributed by atoms with Gasteiger partial charge in [0.15, 0.2) is 10.9 Å². The molecule has 2 heterocycles. The third-order valence-corrected chi connectivity index (χ3v) is 4.31. The highest BCUT2D eigenvalue weighted by Crippen LogP contribution is 2.25. The van der Waals surface area contributed by atoms with Gasteiger partial charge in [-0.25, -0.2) is 0 Å². The largest absolute Gasteiger partial charge is 0.492 e. The molecule has 0 fully saturated rings. The maximum Gasteiger partial charge on any atom is 0.273 e. The lowest BCUT2D eigenvalue weighted by Crippen LogP contribution is -2.04. The van der Waals surface area contributed by atoms with E-state index in [0.29, 0.717) is 36.2 Å². The summed E-state index contributed by atoms with van der Waals surface area (Å²) in [5, 5.41) is 19.9. The number of rotatable bonds is 9. The molecular formula is C17H16N4O4S. The van der Waals surface area contributed by atoms with E-state index >= 15 is 0 Å². The van der Waals surface area contributed by atoms with Crippen molar-refractivity contribution in [1.82, 2.24) is 14.8 Å². The molecule has 0 bridgehead atoms. The van der Waals surface area contributed by atoms with Gasteiger partial charge in [-0.05, 0) is 18.2 Å². The number of non-ortho nitro benzene ring substituents is 1. The van der Waals surface area contributed by atoms with E-state index in [0.717, 1.165) is 5.16 Å². The van der Waals surface area contributed by atoms with Crippen LogP contribution in [0.25, 0.3) is 11.6 Å². The van der Waals surface area contributed by atoms with E-state index in [-0.39, 0.29) is 5.69 Å². The summed E-state index contributed by atoms with van der Waals surface area (Å²) in [4.78, 5) is 10.3. The molecule has 8 nitrogen and oxygen atoms in total. The molecule has 0 amide bonds. The van der Waals surface area contributed by atoms with E-state index in [1.54, 1.807) is 30.5 Å². The Bertz CT molecular complexity index is 892. The van der Waals surface area contributed by atoms with Crippen molar-refractivity contribution < 1.29 is 14.1 Å². The maximum atomic E-state index is 10.8. The fourth-order valence-corrected chi connectivity index (χ4v) is 3.02. The zero-order chi connectivity index (χ0) is 18.4. The molecule has 0 aliphatic rings. The normalized spacial score (nSPS) is 10.6. The monoisotopic (exact) mass is 372 g/mol. The molecule has 0 saturated heterocycles. The van der Waals surface area contributed by atoms with Crippen molar-refractivity contribution in [3.05, 3.63) is 65.4 Å². The van der Waals surface area contributed by atoms with Crippen LogP contribution in [0.1, 0.15) is 0 Å². The maximum absolute atomic E-state index is 10.8. The Hall–Kier alpha value is -3.07. The lowest BCUT2D eigenvalue weighted by Gasteiger charge is -2.07. The smallest absolute Gasteiger partial charge is 0.273 e. The summed E-state index contributed by atoms with van der Waals surface area (Å²) in [6, 6.07) is 9.73. The van der Waals surface area contributed by atoms with E-state index in [9.17, 15) is 10.1 Å². The van der Waals surface area contributed by atoms with Crippen molar-refractivity contribution in [3.63, 3.8) is 0 Å². The van der Waals surface area contributed by atoms with Gasteiger partial charge < -0.3 is 9.15 Å². The molecule has 3 rings (SSSR count). The van der Waals surface area contributed by atoms with Crippen molar-refractivity contribution >= 4 is 17.4 Å². The second kappa shape index (κ2) is 8.34. The summed E-state index contributed by atoms with van der Waals surface area (Å²) >= 11 is 1.48. The molecule has 0 unspecified atom stereocenters. The lowest BCUT2D eigenvalue weighted by atomic mass is 10.3. The topological polar surface area (TPSA) is 96.2 Å². The highest BCUT2D eigenvalue weighted by molar-refractivity contribution is 7.99. The standard InChI is InChI=1S/C17H16N4O4S/c1-2-8-20-16(15-7-4-9-25-15)18-19-17(20)26-11-10-24-14-6-3-5-13(12-14)21(22)23/h2-7,9,12H,1,8,10-11H2. The van der Waals surface area contributed by atoms with Gasteiger partial charge in [-0.3, -0.25) is 14.7 Å². The van der Waals surface area contributed by atoms with Gasteiger partial charge in [0.25, 0.3) is 5.69 Å². The van der Waals surface area contributed by atoms with Crippen LogP contribution in [0.15, 0.2) is 64.9 Å². The minimum Gasteiger partial charge on any atom is -0.492 e. The highest BCUT2D eigenvalue weighted by Gasteiger charge is 2.15. The SMILES string of the molecule is C=CCn1c(SCCOc2cccc([N+](=O)[O-])c2)nnc1-c1ccco1. The minimum atomic E-state index is -0.449. The molecule has 0 spiro atoms. The van der Waals surface area contributed by atoms with Crippen LogP contribution in [0.3, 0.4) is 0 Å². The van der Waals surface area contributed by atoms with Crippen molar-refractivity contribution in [2.75, 3.05) is 12.4 Å². The van der Waals surface area contributed by atoms with E-state index in [2.05, 4.69) is 16.8 Å². The zero-order valence-electron chi connectivity index (χ0n) is 13.8. The summed E-state index contributed by atoms with van der Waals surface area (Å²) in [5.74, 6) is 2.34. The number of furan rings is 1. The Morgan fingerprint density at radius 1 is 1.35 bits per heavy atom. The first-order chi connectivity index (χ1) is 12.7. The first kappa shape index (κ1) is 17.7. The number of allylic oxidation sites excluding steroid dienone is 1. The van der Waals surface area contributed by atoms with Gasteiger partial charge >= 0.3 is 0 Å². The van der Waals surface area contributed by atoms with Crippen molar-refractivity contribution in [2.24, 2.45) is 0 Å². The minimum absolute atomic E-state index is 0.00367. The van der Waals surface area contributed by atoms with E-state index < -0.39 is 4.92 Å².